The number of aromatic amines is 1. The van der Waals surface area contributed by atoms with Crippen molar-refractivity contribution < 1.29 is 4.79 Å². The van der Waals surface area contributed by atoms with Gasteiger partial charge in [-0.2, -0.15) is 5.10 Å². The number of hydrogen-bond acceptors (Lipinski definition) is 3. The highest BCUT2D eigenvalue weighted by atomic mass is 35.5. The van der Waals surface area contributed by atoms with E-state index in [0.717, 1.165) is 11.3 Å². The van der Waals surface area contributed by atoms with Crippen molar-refractivity contribution in [3.63, 3.8) is 0 Å². The van der Waals surface area contributed by atoms with Crippen LogP contribution in [0.2, 0.25) is 5.02 Å². The fourth-order valence-electron chi connectivity index (χ4n) is 2.17. The third-order valence-electron chi connectivity index (χ3n) is 3.31. The van der Waals surface area contributed by atoms with Crippen molar-refractivity contribution in [3.05, 3.63) is 63.9 Å². The SMILES string of the molecule is CC(=O)c1ccc(-n2c(-c3ccc(Cl)cc3)n[nH]c2=S)cc1. The molecule has 0 unspecified atom stereocenters. The van der Waals surface area contributed by atoms with Crippen molar-refractivity contribution in [2.75, 3.05) is 0 Å². The smallest absolute Gasteiger partial charge is 0.200 e. The minimum absolute atomic E-state index is 0.0280. The van der Waals surface area contributed by atoms with Crippen LogP contribution in [0.5, 0.6) is 0 Å². The molecule has 22 heavy (non-hydrogen) atoms. The molecule has 0 amide bonds. The molecule has 2 aromatic carbocycles. The summed E-state index contributed by atoms with van der Waals surface area (Å²) in [6.07, 6.45) is 0. The van der Waals surface area contributed by atoms with E-state index in [4.69, 9.17) is 23.8 Å². The molecule has 0 spiro atoms. The van der Waals surface area contributed by atoms with Crippen LogP contribution < -0.4 is 0 Å². The van der Waals surface area contributed by atoms with Crippen molar-refractivity contribution >= 4 is 29.6 Å². The van der Waals surface area contributed by atoms with E-state index in [2.05, 4.69) is 10.2 Å². The Bertz CT molecular complexity index is 879. The van der Waals surface area contributed by atoms with Crippen LogP contribution >= 0.6 is 23.8 Å². The summed E-state index contributed by atoms with van der Waals surface area (Å²) in [6, 6.07) is 14.6. The molecular formula is C16H12ClN3OS. The maximum atomic E-state index is 11.4. The number of halogens is 1. The Kier molecular flexibility index (Phi) is 3.92. The molecule has 0 aliphatic carbocycles. The molecule has 3 aromatic rings. The number of nitrogens with zero attached hydrogens (tertiary/aromatic N) is 2. The van der Waals surface area contributed by atoms with Gasteiger partial charge in [0.2, 0.25) is 0 Å². The van der Waals surface area contributed by atoms with Gasteiger partial charge in [-0.15, -0.1) is 0 Å². The quantitative estimate of drug-likeness (QED) is 0.570. The Morgan fingerprint density at radius 3 is 2.36 bits per heavy atom. The molecule has 0 aliphatic rings. The molecule has 0 bridgehead atoms. The van der Waals surface area contributed by atoms with Gasteiger partial charge in [-0.3, -0.25) is 14.5 Å². The van der Waals surface area contributed by atoms with E-state index in [-0.39, 0.29) is 5.78 Å². The van der Waals surface area contributed by atoms with Gasteiger partial charge in [-0.25, -0.2) is 0 Å². The van der Waals surface area contributed by atoms with Crippen molar-refractivity contribution in [3.8, 4) is 17.1 Å². The van der Waals surface area contributed by atoms with Crippen molar-refractivity contribution in [2.45, 2.75) is 6.92 Å². The van der Waals surface area contributed by atoms with Crippen LogP contribution in [0.3, 0.4) is 0 Å². The van der Waals surface area contributed by atoms with Crippen LogP contribution in [0.4, 0.5) is 0 Å². The van der Waals surface area contributed by atoms with Gasteiger partial charge in [0.05, 0.1) is 5.69 Å². The van der Waals surface area contributed by atoms with Crippen LogP contribution in [0.15, 0.2) is 48.5 Å². The second-order valence-corrected chi connectivity index (χ2v) is 5.62. The first-order chi connectivity index (χ1) is 10.6. The highest BCUT2D eigenvalue weighted by Crippen LogP contribution is 2.23. The second-order valence-electron chi connectivity index (χ2n) is 4.80. The highest BCUT2D eigenvalue weighted by Gasteiger charge is 2.11. The number of benzene rings is 2. The van der Waals surface area contributed by atoms with Gasteiger partial charge in [-0.1, -0.05) is 11.6 Å². The topological polar surface area (TPSA) is 50.7 Å². The minimum Gasteiger partial charge on any atom is -0.295 e. The van der Waals surface area contributed by atoms with Crippen LogP contribution in [0.25, 0.3) is 17.1 Å². The van der Waals surface area contributed by atoms with Crippen molar-refractivity contribution in [2.24, 2.45) is 0 Å². The number of hydrogen-bond donors (Lipinski definition) is 1. The molecular weight excluding hydrogens is 318 g/mol. The van der Waals surface area contributed by atoms with E-state index in [1.54, 1.807) is 24.3 Å². The van der Waals surface area contributed by atoms with E-state index in [1.165, 1.54) is 6.92 Å². The van der Waals surface area contributed by atoms with Gasteiger partial charge >= 0.3 is 0 Å². The third kappa shape index (κ3) is 2.73. The minimum atomic E-state index is 0.0280. The molecule has 1 aromatic heterocycles. The van der Waals surface area contributed by atoms with Gasteiger partial charge in [0.1, 0.15) is 0 Å². The molecule has 4 nitrogen and oxygen atoms in total. The number of H-pyrrole nitrogens is 1. The van der Waals surface area contributed by atoms with Crippen molar-refractivity contribution in [1.29, 1.82) is 0 Å². The summed E-state index contributed by atoms with van der Waals surface area (Å²) >= 11 is 11.2. The van der Waals surface area contributed by atoms with Gasteiger partial charge < -0.3 is 0 Å². The average Bonchev–Trinajstić information content (AvgIpc) is 2.90. The number of nitrogens with one attached hydrogen (secondary N) is 1. The fraction of sp³-hybridized carbons (Fsp3) is 0.0625. The van der Waals surface area contributed by atoms with Crippen LogP contribution in [-0.4, -0.2) is 20.5 Å². The fourth-order valence-corrected chi connectivity index (χ4v) is 2.54. The zero-order valence-electron chi connectivity index (χ0n) is 11.7. The summed E-state index contributed by atoms with van der Waals surface area (Å²) in [7, 11) is 0. The van der Waals surface area contributed by atoms with Crippen LogP contribution in [-0.2, 0) is 0 Å². The zero-order chi connectivity index (χ0) is 15.7. The first-order valence-corrected chi connectivity index (χ1v) is 7.39. The number of Topliss-reactive ketones (excluding diaryl/α,β-unsaturated/α-hetero) is 1. The Balaban J connectivity index is 2.11. The predicted octanol–water partition coefficient (Wildman–Crippen LogP) is 4.45. The number of carbonyl (C=O) groups is 1. The lowest BCUT2D eigenvalue weighted by atomic mass is 10.1. The lowest BCUT2D eigenvalue weighted by Gasteiger charge is -2.07. The van der Waals surface area contributed by atoms with E-state index in [0.29, 0.717) is 21.2 Å². The highest BCUT2D eigenvalue weighted by molar-refractivity contribution is 7.71. The summed E-state index contributed by atoms with van der Waals surface area (Å²) < 4.78 is 2.31. The number of ketones is 1. The molecule has 6 heteroatoms. The van der Waals surface area contributed by atoms with Gasteiger partial charge in [0, 0.05) is 16.1 Å². The molecule has 0 saturated heterocycles. The van der Waals surface area contributed by atoms with E-state index in [9.17, 15) is 4.79 Å². The molecule has 0 radical (unpaired) electrons. The second kappa shape index (κ2) is 5.87. The largest absolute Gasteiger partial charge is 0.295 e. The number of carbonyl (C=O) groups excluding carboxylic acids is 1. The van der Waals surface area contributed by atoms with Gasteiger partial charge in [0.15, 0.2) is 16.4 Å². The molecule has 0 fully saturated rings. The van der Waals surface area contributed by atoms with E-state index in [1.807, 2.05) is 28.8 Å². The zero-order valence-corrected chi connectivity index (χ0v) is 13.3. The lowest BCUT2D eigenvalue weighted by molar-refractivity contribution is 0.101. The Labute approximate surface area is 137 Å². The molecule has 3 rings (SSSR count). The summed E-state index contributed by atoms with van der Waals surface area (Å²) in [5, 5.41) is 7.75. The molecule has 0 aliphatic heterocycles. The Hall–Kier alpha value is -2.24. The summed E-state index contributed by atoms with van der Waals surface area (Å²) in [5.74, 6) is 0.720. The normalized spacial score (nSPS) is 10.6. The third-order valence-corrected chi connectivity index (χ3v) is 3.83. The molecule has 1 heterocycles. The van der Waals surface area contributed by atoms with Gasteiger partial charge in [-0.05, 0) is 67.7 Å². The molecule has 0 atom stereocenters. The molecule has 0 saturated carbocycles. The standard InChI is InChI=1S/C16H12ClN3OS/c1-10(21)11-4-8-14(9-5-11)20-15(18-19-16(20)22)12-2-6-13(17)7-3-12/h2-9H,1H3,(H,19,22). The van der Waals surface area contributed by atoms with Gasteiger partial charge in [0.25, 0.3) is 0 Å². The Morgan fingerprint density at radius 1 is 1.14 bits per heavy atom. The van der Waals surface area contributed by atoms with Crippen LogP contribution in [0.1, 0.15) is 17.3 Å². The first kappa shape index (κ1) is 14.7. The monoisotopic (exact) mass is 329 g/mol. The molecule has 110 valence electrons. The van der Waals surface area contributed by atoms with Crippen molar-refractivity contribution in [1.82, 2.24) is 14.8 Å². The van der Waals surface area contributed by atoms with E-state index >= 15 is 0 Å². The summed E-state index contributed by atoms with van der Waals surface area (Å²) in [5.41, 5.74) is 2.40. The maximum absolute atomic E-state index is 11.4. The summed E-state index contributed by atoms with van der Waals surface area (Å²) in [4.78, 5) is 11.4. The summed E-state index contributed by atoms with van der Waals surface area (Å²) in [6.45, 7) is 1.54. The molecule has 1 N–H and O–H groups in total. The first-order valence-electron chi connectivity index (χ1n) is 6.61. The number of aromatic nitrogens is 3. The maximum Gasteiger partial charge on any atom is 0.200 e. The lowest BCUT2D eigenvalue weighted by Crippen LogP contribution is -1.99. The van der Waals surface area contributed by atoms with Crippen LogP contribution in [0, 0.1) is 4.77 Å². The predicted molar refractivity (Wildman–Crippen MR) is 89.2 cm³/mol. The van der Waals surface area contributed by atoms with E-state index < -0.39 is 0 Å². The average molecular weight is 330 g/mol. The number of rotatable bonds is 3. The Morgan fingerprint density at radius 2 is 1.77 bits per heavy atom.